The number of carbonyl (C=O) groups excluding carboxylic acids is 1. The van der Waals surface area contributed by atoms with Gasteiger partial charge < -0.3 is 19.3 Å². The van der Waals surface area contributed by atoms with Crippen LogP contribution in [0, 0.1) is 10.1 Å². The minimum Gasteiger partial charge on any atom is -0.496 e. The molecular formula is C20H20Cl2N4O5S. The predicted octanol–water partition coefficient (Wildman–Crippen LogP) is 3.76. The molecule has 0 spiro atoms. The Hall–Kier alpha value is -2.82. The van der Waals surface area contributed by atoms with E-state index in [1.807, 2.05) is 9.80 Å². The van der Waals surface area contributed by atoms with E-state index in [9.17, 15) is 14.9 Å². The maximum Gasteiger partial charge on any atom is 0.296 e. The van der Waals surface area contributed by atoms with E-state index in [4.69, 9.17) is 44.9 Å². The Bertz CT molecular complexity index is 1040. The van der Waals surface area contributed by atoms with Gasteiger partial charge in [0.25, 0.3) is 11.6 Å². The molecule has 1 N–H and O–H groups in total. The molecule has 1 fully saturated rings. The summed E-state index contributed by atoms with van der Waals surface area (Å²) >= 11 is 17.6. The number of carbonyl (C=O) groups is 1. The minimum atomic E-state index is -0.449. The van der Waals surface area contributed by atoms with E-state index in [0.717, 1.165) is 0 Å². The topological polar surface area (TPSA) is 97.2 Å². The molecule has 1 heterocycles. The van der Waals surface area contributed by atoms with Crippen molar-refractivity contribution in [2.75, 3.05) is 45.3 Å². The molecule has 0 unspecified atom stereocenters. The summed E-state index contributed by atoms with van der Waals surface area (Å²) < 4.78 is 10.2. The number of methoxy groups -OCH3 is 2. The van der Waals surface area contributed by atoms with E-state index >= 15 is 0 Å². The van der Waals surface area contributed by atoms with Gasteiger partial charge >= 0.3 is 0 Å². The lowest BCUT2D eigenvalue weighted by Crippen LogP contribution is -2.52. The predicted molar refractivity (Wildman–Crippen MR) is 127 cm³/mol. The average Bonchev–Trinajstić information content (AvgIpc) is 2.78. The molecule has 3 rings (SSSR count). The maximum atomic E-state index is 12.6. The molecule has 32 heavy (non-hydrogen) atoms. The molecule has 0 atom stereocenters. The summed E-state index contributed by atoms with van der Waals surface area (Å²) in [6, 6.07) is 7.65. The van der Waals surface area contributed by atoms with E-state index in [2.05, 4.69) is 5.32 Å². The van der Waals surface area contributed by atoms with Gasteiger partial charge in [-0.05, 0) is 36.5 Å². The van der Waals surface area contributed by atoms with Crippen molar-refractivity contribution < 1.29 is 19.2 Å². The van der Waals surface area contributed by atoms with Crippen molar-refractivity contribution in [1.29, 1.82) is 0 Å². The van der Waals surface area contributed by atoms with Gasteiger partial charge in [-0.3, -0.25) is 20.2 Å². The third-order valence-electron chi connectivity index (χ3n) is 4.97. The van der Waals surface area contributed by atoms with E-state index in [1.165, 1.54) is 32.4 Å². The van der Waals surface area contributed by atoms with Gasteiger partial charge in [0.2, 0.25) is 0 Å². The minimum absolute atomic E-state index is 0.0260. The number of benzene rings is 2. The number of piperazine rings is 1. The molecule has 0 aliphatic carbocycles. The van der Waals surface area contributed by atoms with Gasteiger partial charge in [0, 0.05) is 31.7 Å². The highest BCUT2D eigenvalue weighted by Gasteiger charge is 2.26. The van der Waals surface area contributed by atoms with Gasteiger partial charge in [-0.2, -0.15) is 0 Å². The van der Waals surface area contributed by atoms with Crippen molar-refractivity contribution in [2.24, 2.45) is 0 Å². The molecule has 170 valence electrons. The second-order valence-electron chi connectivity index (χ2n) is 6.82. The van der Waals surface area contributed by atoms with Crippen LogP contribution in [0.4, 0.5) is 11.4 Å². The van der Waals surface area contributed by atoms with E-state index in [1.54, 1.807) is 12.1 Å². The summed E-state index contributed by atoms with van der Waals surface area (Å²) in [5, 5.41) is 14.8. The fourth-order valence-corrected chi connectivity index (χ4v) is 4.25. The first-order valence-corrected chi connectivity index (χ1v) is 10.6. The third-order valence-corrected chi connectivity index (χ3v) is 5.89. The summed E-state index contributed by atoms with van der Waals surface area (Å²) in [5.41, 5.74) is 0.727. The Morgan fingerprint density at radius 1 is 1.09 bits per heavy atom. The second-order valence-corrected chi connectivity index (χ2v) is 8.02. The number of nitrogens with one attached hydrogen (secondary N) is 1. The molecule has 1 aliphatic heterocycles. The normalized spacial score (nSPS) is 13.5. The SMILES string of the molecule is COc1ccc(N2CCN(C(=S)NC(=O)c3cc(Cl)c(OC)c(Cl)c3)CC2)c([N+](=O)[O-])c1. The van der Waals surface area contributed by atoms with Crippen LogP contribution < -0.4 is 19.7 Å². The molecule has 9 nitrogen and oxygen atoms in total. The lowest BCUT2D eigenvalue weighted by atomic mass is 10.2. The van der Waals surface area contributed by atoms with E-state index in [0.29, 0.717) is 37.6 Å². The third kappa shape index (κ3) is 5.14. The first-order valence-electron chi connectivity index (χ1n) is 9.45. The van der Waals surface area contributed by atoms with Crippen LogP contribution in [0.3, 0.4) is 0 Å². The maximum absolute atomic E-state index is 12.6. The summed E-state index contributed by atoms with van der Waals surface area (Å²) in [5.74, 6) is 0.257. The quantitative estimate of drug-likeness (QED) is 0.378. The zero-order valence-corrected chi connectivity index (χ0v) is 19.6. The van der Waals surface area contributed by atoms with Crippen molar-refractivity contribution in [3.8, 4) is 11.5 Å². The first kappa shape index (κ1) is 23.8. The van der Waals surface area contributed by atoms with Gasteiger partial charge in [-0.1, -0.05) is 23.2 Å². The van der Waals surface area contributed by atoms with Crippen molar-refractivity contribution in [2.45, 2.75) is 0 Å². The lowest BCUT2D eigenvalue weighted by molar-refractivity contribution is -0.384. The molecule has 0 radical (unpaired) electrons. The van der Waals surface area contributed by atoms with E-state index < -0.39 is 10.8 Å². The number of hydrogen-bond acceptors (Lipinski definition) is 7. The van der Waals surface area contributed by atoms with Crippen LogP contribution in [0.25, 0.3) is 0 Å². The summed E-state index contributed by atoms with van der Waals surface area (Å²) in [4.78, 5) is 27.4. The highest BCUT2D eigenvalue weighted by molar-refractivity contribution is 7.80. The number of nitro groups is 1. The number of rotatable bonds is 5. The number of nitrogens with zero attached hydrogens (tertiary/aromatic N) is 3. The molecule has 2 aromatic rings. The number of amides is 1. The fraction of sp³-hybridized carbons (Fsp3) is 0.300. The lowest BCUT2D eigenvalue weighted by Gasteiger charge is -2.37. The summed E-state index contributed by atoms with van der Waals surface area (Å²) in [6.07, 6.45) is 0. The van der Waals surface area contributed by atoms with Crippen LogP contribution in [0.2, 0.25) is 10.0 Å². The highest BCUT2D eigenvalue weighted by Crippen LogP contribution is 2.34. The van der Waals surface area contributed by atoms with Gasteiger partial charge in [0.05, 0.1) is 35.3 Å². The monoisotopic (exact) mass is 498 g/mol. The Balaban J connectivity index is 1.64. The smallest absolute Gasteiger partial charge is 0.296 e. The Morgan fingerprint density at radius 3 is 2.25 bits per heavy atom. The van der Waals surface area contributed by atoms with Crippen LogP contribution in [0.1, 0.15) is 10.4 Å². The number of ether oxygens (including phenoxy) is 2. The Labute approximate surface area is 199 Å². The molecule has 1 saturated heterocycles. The van der Waals surface area contributed by atoms with Crippen LogP contribution in [0.15, 0.2) is 30.3 Å². The van der Waals surface area contributed by atoms with Crippen LogP contribution >= 0.6 is 35.4 Å². The van der Waals surface area contributed by atoms with E-state index in [-0.39, 0.29) is 32.2 Å². The number of hydrogen-bond donors (Lipinski definition) is 1. The van der Waals surface area contributed by atoms with Gasteiger partial charge in [0.1, 0.15) is 11.4 Å². The second kappa shape index (κ2) is 10.2. The van der Waals surface area contributed by atoms with Gasteiger partial charge in [-0.15, -0.1) is 0 Å². The largest absolute Gasteiger partial charge is 0.496 e. The molecule has 1 aliphatic rings. The van der Waals surface area contributed by atoms with Crippen molar-refractivity contribution in [3.63, 3.8) is 0 Å². The molecular weight excluding hydrogens is 479 g/mol. The number of thiocarbonyl (C=S) groups is 1. The fourth-order valence-electron chi connectivity index (χ4n) is 3.33. The molecule has 0 saturated carbocycles. The number of nitro benzene ring substituents is 1. The molecule has 12 heteroatoms. The molecule has 1 amide bonds. The summed E-state index contributed by atoms with van der Waals surface area (Å²) in [7, 11) is 2.89. The Morgan fingerprint density at radius 2 is 1.72 bits per heavy atom. The van der Waals surface area contributed by atoms with Crippen molar-refractivity contribution in [3.05, 3.63) is 56.1 Å². The molecule has 0 bridgehead atoms. The van der Waals surface area contributed by atoms with Crippen LogP contribution in [0.5, 0.6) is 11.5 Å². The van der Waals surface area contributed by atoms with Crippen molar-refractivity contribution >= 4 is 57.8 Å². The van der Waals surface area contributed by atoms with Gasteiger partial charge in [0.15, 0.2) is 10.9 Å². The van der Waals surface area contributed by atoms with Crippen molar-refractivity contribution in [1.82, 2.24) is 10.2 Å². The number of halogens is 2. The van der Waals surface area contributed by atoms with Crippen LogP contribution in [-0.2, 0) is 0 Å². The van der Waals surface area contributed by atoms with Gasteiger partial charge in [-0.25, -0.2) is 0 Å². The zero-order chi connectivity index (χ0) is 23.4. The standard InChI is InChI=1S/C20H20Cl2N4O5S/c1-30-13-3-4-16(17(11-13)26(28)29)24-5-7-25(8-6-24)20(32)23-19(27)12-9-14(21)18(31-2)15(22)10-12/h3-4,9-11H,5-8H2,1-2H3,(H,23,27,32). The molecule has 2 aromatic carbocycles. The zero-order valence-electron chi connectivity index (χ0n) is 17.3. The van der Waals surface area contributed by atoms with Crippen LogP contribution in [-0.4, -0.2) is 61.2 Å². The first-order chi connectivity index (χ1) is 15.2. The highest BCUT2D eigenvalue weighted by atomic mass is 35.5. The molecule has 0 aromatic heterocycles. The average molecular weight is 499 g/mol. The Kier molecular flexibility index (Phi) is 7.60. The summed E-state index contributed by atoms with van der Waals surface area (Å²) in [6.45, 7) is 1.94. The number of anilines is 1.